The quantitative estimate of drug-likeness (QED) is 0.405. The smallest absolute Gasteiger partial charge is 0.190 e. The summed E-state index contributed by atoms with van der Waals surface area (Å²) in [5.41, 5.74) is 8.99. The van der Waals surface area contributed by atoms with Gasteiger partial charge in [0, 0.05) is 11.5 Å². The third-order valence-corrected chi connectivity index (χ3v) is 6.61. The van der Waals surface area contributed by atoms with Gasteiger partial charge in [-0.3, -0.25) is 0 Å². The second-order valence-corrected chi connectivity index (χ2v) is 8.12. The first-order chi connectivity index (χ1) is 11.6. The summed E-state index contributed by atoms with van der Waals surface area (Å²) in [6, 6.07) is 16.6. The number of hydrogen-bond donors (Lipinski definition) is 0. The molecule has 0 radical (unpaired) electrons. The van der Waals surface area contributed by atoms with Crippen molar-refractivity contribution in [3.05, 3.63) is 77.0 Å². The van der Waals surface area contributed by atoms with Crippen molar-refractivity contribution < 1.29 is 4.57 Å². The molecule has 2 unspecified atom stereocenters. The molecule has 0 saturated heterocycles. The van der Waals surface area contributed by atoms with E-state index in [4.69, 9.17) is 0 Å². The average Bonchev–Trinajstić information content (AvgIpc) is 2.57. The molecule has 2 atom stereocenters. The largest absolute Gasteiger partial charge is 0.221 e. The van der Waals surface area contributed by atoms with E-state index in [1.807, 2.05) is 0 Å². The van der Waals surface area contributed by atoms with Gasteiger partial charge in [-0.2, -0.15) is 4.57 Å². The highest BCUT2D eigenvalue weighted by atomic mass is 15.0. The van der Waals surface area contributed by atoms with Gasteiger partial charge < -0.3 is 0 Å². The molecule has 6 rings (SSSR count). The van der Waals surface area contributed by atoms with Gasteiger partial charge in [0.05, 0.1) is 16.9 Å². The van der Waals surface area contributed by atoms with E-state index in [9.17, 15) is 0 Å². The summed E-state index contributed by atoms with van der Waals surface area (Å²) >= 11 is 0. The summed E-state index contributed by atoms with van der Waals surface area (Å²) in [7, 11) is 0. The molecule has 0 bridgehead atoms. The second kappa shape index (κ2) is 3.80. The molecule has 2 aromatic carbocycles. The summed E-state index contributed by atoms with van der Waals surface area (Å²) in [6.45, 7) is 7.05. The normalized spacial score (nSPS) is 24.2. The lowest BCUT2D eigenvalue weighted by atomic mass is 9.63. The highest BCUT2D eigenvalue weighted by Crippen LogP contribution is 2.56. The Hall–Kier alpha value is -2.41. The van der Waals surface area contributed by atoms with Gasteiger partial charge in [0.25, 0.3) is 0 Å². The fourth-order valence-corrected chi connectivity index (χ4v) is 5.41. The van der Waals surface area contributed by atoms with Crippen LogP contribution in [0.5, 0.6) is 0 Å². The number of aromatic nitrogens is 1. The van der Waals surface area contributed by atoms with E-state index in [0.717, 1.165) is 0 Å². The number of rotatable bonds is 0. The van der Waals surface area contributed by atoms with Crippen molar-refractivity contribution in [1.29, 1.82) is 0 Å². The highest BCUT2D eigenvalue weighted by Gasteiger charge is 2.50. The van der Waals surface area contributed by atoms with Crippen LogP contribution < -0.4 is 4.57 Å². The number of nitrogens with zero attached hydrogens (tertiary/aromatic N) is 1. The Morgan fingerprint density at radius 3 is 2.58 bits per heavy atom. The third-order valence-electron chi connectivity index (χ3n) is 6.61. The molecule has 3 aromatic rings. The topological polar surface area (TPSA) is 3.88 Å². The molecule has 116 valence electrons. The first-order valence-electron chi connectivity index (χ1n) is 8.88. The zero-order valence-corrected chi connectivity index (χ0v) is 14.3. The van der Waals surface area contributed by atoms with E-state index in [1.54, 1.807) is 0 Å². The van der Waals surface area contributed by atoms with Gasteiger partial charge in [0.15, 0.2) is 12.2 Å². The number of fused-ring (bicyclic) bond motifs is 3. The number of pyridine rings is 1. The Balaban J connectivity index is 1.91. The summed E-state index contributed by atoms with van der Waals surface area (Å²) in [5.74, 6) is 0.552. The van der Waals surface area contributed by atoms with E-state index in [2.05, 4.69) is 80.1 Å². The Labute approximate surface area is 142 Å². The summed E-state index contributed by atoms with van der Waals surface area (Å²) in [5, 5.41) is 2.83. The van der Waals surface area contributed by atoms with Crippen molar-refractivity contribution in [2.24, 2.45) is 0 Å². The van der Waals surface area contributed by atoms with E-state index in [0.29, 0.717) is 12.0 Å². The van der Waals surface area contributed by atoms with Crippen molar-refractivity contribution in [3.63, 3.8) is 0 Å². The van der Waals surface area contributed by atoms with Gasteiger partial charge in [-0.1, -0.05) is 55.8 Å². The Bertz CT molecular complexity index is 1100. The van der Waals surface area contributed by atoms with Crippen LogP contribution >= 0.6 is 0 Å². The Morgan fingerprint density at radius 2 is 1.75 bits per heavy atom. The van der Waals surface area contributed by atoms with Crippen LogP contribution in [0, 0.1) is 0 Å². The maximum atomic E-state index is 2.53. The zero-order chi connectivity index (χ0) is 16.2. The van der Waals surface area contributed by atoms with E-state index in [-0.39, 0.29) is 5.41 Å². The van der Waals surface area contributed by atoms with Crippen molar-refractivity contribution >= 4 is 10.8 Å². The maximum absolute atomic E-state index is 2.53. The van der Waals surface area contributed by atoms with Crippen LogP contribution in [-0.4, -0.2) is 0 Å². The number of hydrogen-bond acceptors (Lipinski definition) is 0. The van der Waals surface area contributed by atoms with Gasteiger partial charge in [-0.25, -0.2) is 0 Å². The minimum absolute atomic E-state index is 0.0469. The molecule has 0 N–H and O–H groups in total. The molecule has 0 saturated carbocycles. The summed E-state index contributed by atoms with van der Waals surface area (Å²) in [6.07, 6.45) is 4.74. The molecule has 24 heavy (non-hydrogen) atoms. The van der Waals surface area contributed by atoms with Gasteiger partial charge in [-0.15, -0.1) is 0 Å². The summed E-state index contributed by atoms with van der Waals surface area (Å²) < 4.78 is 2.53. The van der Waals surface area contributed by atoms with Crippen LogP contribution in [0.1, 0.15) is 49.4 Å². The van der Waals surface area contributed by atoms with Crippen molar-refractivity contribution in [3.8, 4) is 11.3 Å². The highest BCUT2D eigenvalue weighted by molar-refractivity contribution is 6.01. The van der Waals surface area contributed by atoms with Gasteiger partial charge >= 0.3 is 0 Å². The minimum Gasteiger partial charge on any atom is -0.190 e. The second-order valence-electron chi connectivity index (χ2n) is 8.12. The van der Waals surface area contributed by atoms with Gasteiger partial charge in [-0.05, 0) is 35.1 Å². The van der Waals surface area contributed by atoms with Crippen LogP contribution in [0.25, 0.3) is 22.0 Å². The van der Waals surface area contributed by atoms with Crippen molar-refractivity contribution in [2.45, 2.75) is 38.1 Å². The van der Waals surface area contributed by atoms with Crippen LogP contribution in [0.15, 0.2) is 60.3 Å². The molecule has 0 spiro atoms. The van der Waals surface area contributed by atoms with Crippen LogP contribution in [0.2, 0.25) is 0 Å². The molecule has 1 aliphatic heterocycles. The van der Waals surface area contributed by atoms with Crippen LogP contribution in [-0.2, 0) is 5.41 Å². The number of benzene rings is 2. The Morgan fingerprint density at radius 1 is 0.958 bits per heavy atom. The van der Waals surface area contributed by atoms with Crippen molar-refractivity contribution in [1.82, 2.24) is 0 Å². The lowest BCUT2D eigenvalue weighted by Gasteiger charge is -2.42. The molecule has 2 aliphatic carbocycles. The van der Waals surface area contributed by atoms with Crippen LogP contribution in [0.3, 0.4) is 0 Å². The fraction of sp³-hybridized carbons (Fsp3) is 0.261. The molecular weight excluding hydrogens is 290 g/mol. The maximum Gasteiger partial charge on any atom is 0.221 e. The summed E-state index contributed by atoms with van der Waals surface area (Å²) in [4.78, 5) is 0. The molecule has 1 aromatic heterocycles. The molecule has 1 heteroatoms. The average molecular weight is 310 g/mol. The van der Waals surface area contributed by atoms with E-state index in [1.165, 1.54) is 44.3 Å². The number of allylic oxidation sites excluding steroid dienone is 2. The van der Waals surface area contributed by atoms with E-state index < -0.39 is 0 Å². The van der Waals surface area contributed by atoms with Crippen molar-refractivity contribution in [2.75, 3.05) is 0 Å². The molecule has 2 heterocycles. The molecule has 1 nitrogen and oxygen atoms in total. The molecular formula is C23H20N+. The van der Waals surface area contributed by atoms with E-state index >= 15 is 0 Å². The standard InChI is InChI=1S/C23H20N/c1-13-12-18-19(13)15-7-5-9-17-21(15)22-20-14(10-11-24(18)22)6-4-8-16(20)23(17,2)3/h4-12,18-19H,1-3H3/q+1. The minimum atomic E-state index is 0.0469. The SMILES string of the molecule is CC1=CC2C1c1cccc3c1-c1c4c(cccc4cc[n+]12)C3(C)C. The molecule has 0 fully saturated rings. The third kappa shape index (κ3) is 1.22. The van der Waals surface area contributed by atoms with Gasteiger partial charge in [0.1, 0.15) is 0 Å². The first-order valence-corrected chi connectivity index (χ1v) is 8.88. The first kappa shape index (κ1) is 12.9. The zero-order valence-electron chi connectivity index (χ0n) is 14.3. The van der Waals surface area contributed by atoms with Gasteiger partial charge in [0.2, 0.25) is 5.69 Å². The van der Waals surface area contributed by atoms with Crippen LogP contribution in [0.4, 0.5) is 0 Å². The lowest BCUT2D eigenvalue weighted by Crippen LogP contribution is -2.51. The predicted molar refractivity (Wildman–Crippen MR) is 97.2 cm³/mol. The fourth-order valence-electron chi connectivity index (χ4n) is 5.41. The molecule has 0 amide bonds. The molecule has 3 aliphatic rings. The monoisotopic (exact) mass is 310 g/mol. The lowest BCUT2D eigenvalue weighted by molar-refractivity contribution is -0.708. The predicted octanol–water partition coefficient (Wildman–Crippen LogP) is 5.03. The Kier molecular flexibility index (Phi) is 2.05.